The van der Waals surface area contributed by atoms with E-state index in [1.165, 1.54) is 0 Å². The highest BCUT2D eigenvalue weighted by Gasteiger charge is 2.12. The van der Waals surface area contributed by atoms with Gasteiger partial charge >= 0.3 is 0 Å². The van der Waals surface area contributed by atoms with Gasteiger partial charge in [0.25, 0.3) is 0 Å². The van der Waals surface area contributed by atoms with Crippen molar-refractivity contribution in [1.82, 2.24) is 19.9 Å². The number of thioether (sulfide) groups is 1. The summed E-state index contributed by atoms with van der Waals surface area (Å²) >= 11 is 3.40. The molecule has 1 N–H and O–H groups in total. The molecule has 7 heteroatoms. The number of aryl methyl sites for hydroxylation is 1. The zero-order chi connectivity index (χ0) is 15.2. The third-order valence-corrected chi connectivity index (χ3v) is 4.79. The zero-order valence-electron chi connectivity index (χ0n) is 12.5. The van der Waals surface area contributed by atoms with E-state index >= 15 is 0 Å². The minimum Gasteiger partial charge on any atom is -0.350 e. The maximum absolute atomic E-state index is 12.0. The van der Waals surface area contributed by atoms with E-state index in [4.69, 9.17) is 0 Å². The average Bonchev–Trinajstić information content (AvgIpc) is 3.06. The second kappa shape index (κ2) is 7.61. The normalized spacial score (nSPS) is 12.3. The molecule has 0 aliphatic rings. The highest BCUT2D eigenvalue weighted by Crippen LogP contribution is 2.15. The lowest BCUT2D eigenvalue weighted by Gasteiger charge is -2.14. The van der Waals surface area contributed by atoms with Crippen molar-refractivity contribution in [2.45, 2.75) is 38.6 Å². The van der Waals surface area contributed by atoms with Crippen molar-refractivity contribution < 1.29 is 4.79 Å². The Balaban J connectivity index is 1.80. The second-order valence-corrected chi connectivity index (χ2v) is 6.69. The van der Waals surface area contributed by atoms with Crippen molar-refractivity contribution in [3.8, 4) is 0 Å². The summed E-state index contributed by atoms with van der Waals surface area (Å²) in [4.78, 5) is 20.7. The molecule has 114 valence electrons. The molecule has 0 spiro atoms. The Kier molecular flexibility index (Phi) is 5.81. The summed E-state index contributed by atoms with van der Waals surface area (Å²) in [5.41, 5.74) is 0.934. The van der Waals surface area contributed by atoms with Crippen molar-refractivity contribution in [1.29, 1.82) is 0 Å². The number of imidazole rings is 1. The smallest absolute Gasteiger partial charge is 0.222 e. The number of nitrogens with zero attached hydrogens (tertiary/aromatic N) is 3. The monoisotopic (exact) mass is 324 g/mol. The Labute approximate surface area is 133 Å². The molecular weight excluding hydrogens is 304 g/mol. The molecule has 0 unspecified atom stereocenters. The first-order valence-electron chi connectivity index (χ1n) is 6.78. The van der Waals surface area contributed by atoms with Crippen LogP contribution in [0, 0.1) is 6.92 Å². The van der Waals surface area contributed by atoms with Crippen LogP contribution in [0.25, 0.3) is 0 Å². The fourth-order valence-corrected chi connectivity index (χ4v) is 3.62. The summed E-state index contributed by atoms with van der Waals surface area (Å²) in [6, 6.07) is 0.106. The van der Waals surface area contributed by atoms with Crippen LogP contribution < -0.4 is 5.32 Å². The number of rotatable bonds is 7. The van der Waals surface area contributed by atoms with E-state index in [2.05, 4.69) is 21.5 Å². The lowest BCUT2D eigenvalue weighted by atomic mass is 10.2. The van der Waals surface area contributed by atoms with E-state index in [-0.39, 0.29) is 11.9 Å². The van der Waals surface area contributed by atoms with Crippen molar-refractivity contribution in [2.75, 3.05) is 6.26 Å². The van der Waals surface area contributed by atoms with E-state index in [0.29, 0.717) is 13.0 Å². The molecule has 0 radical (unpaired) electrons. The third kappa shape index (κ3) is 4.57. The predicted molar refractivity (Wildman–Crippen MR) is 87.5 cm³/mol. The van der Waals surface area contributed by atoms with Gasteiger partial charge in [-0.3, -0.25) is 4.79 Å². The number of thiazole rings is 1. The van der Waals surface area contributed by atoms with Crippen LogP contribution in [-0.4, -0.2) is 26.7 Å². The van der Waals surface area contributed by atoms with Crippen LogP contribution in [0.5, 0.6) is 0 Å². The summed E-state index contributed by atoms with van der Waals surface area (Å²) < 4.78 is 2.01. The fraction of sp³-hybridized carbons (Fsp3) is 0.500. The van der Waals surface area contributed by atoms with Crippen molar-refractivity contribution in [2.24, 2.45) is 0 Å². The molecule has 1 atom stereocenters. The molecule has 0 saturated carbocycles. The summed E-state index contributed by atoms with van der Waals surface area (Å²) in [6.45, 7) is 4.46. The van der Waals surface area contributed by atoms with E-state index in [0.717, 1.165) is 22.3 Å². The molecule has 2 aromatic heterocycles. The molecule has 1 amide bonds. The number of hydrogen-bond donors (Lipinski definition) is 1. The summed E-state index contributed by atoms with van der Waals surface area (Å²) in [6.07, 6.45) is 6.16. The predicted octanol–water partition coefficient (Wildman–Crippen LogP) is 2.78. The van der Waals surface area contributed by atoms with Gasteiger partial charge in [0.15, 0.2) is 0 Å². The highest BCUT2D eigenvalue weighted by molar-refractivity contribution is 7.97. The van der Waals surface area contributed by atoms with Crippen molar-refractivity contribution in [3.63, 3.8) is 0 Å². The first-order valence-corrected chi connectivity index (χ1v) is 9.06. The molecule has 0 bridgehead atoms. The molecule has 21 heavy (non-hydrogen) atoms. The van der Waals surface area contributed by atoms with Crippen LogP contribution in [-0.2, 0) is 17.1 Å². The second-order valence-electron chi connectivity index (χ2n) is 4.88. The number of carbonyl (C=O) groups excluding carboxylic acids is 1. The molecule has 2 aromatic rings. The maximum Gasteiger partial charge on any atom is 0.222 e. The van der Waals surface area contributed by atoms with Crippen molar-refractivity contribution in [3.05, 3.63) is 34.3 Å². The minimum atomic E-state index is 0.0371. The van der Waals surface area contributed by atoms with Crippen LogP contribution in [0.3, 0.4) is 0 Å². The Morgan fingerprint density at radius 2 is 2.38 bits per heavy atom. The molecule has 5 nitrogen and oxygen atoms in total. The van der Waals surface area contributed by atoms with Gasteiger partial charge in [-0.05, 0) is 20.1 Å². The molecule has 2 heterocycles. The lowest BCUT2D eigenvalue weighted by molar-refractivity contribution is -0.121. The molecule has 0 fully saturated rings. The van der Waals surface area contributed by atoms with E-state index in [1.807, 2.05) is 30.0 Å². The summed E-state index contributed by atoms with van der Waals surface area (Å²) in [5, 5.41) is 6.05. The topological polar surface area (TPSA) is 59.8 Å². The van der Waals surface area contributed by atoms with Crippen LogP contribution >= 0.6 is 23.1 Å². The molecule has 0 saturated heterocycles. The molecule has 2 rings (SSSR count). The van der Waals surface area contributed by atoms with Crippen LogP contribution in [0.15, 0.2) is 17.8 Å². The maximum atomic E-state index is 12.0. The van der Waals surface area contributed by atoms with Gasteiger partial charge < -0.3 is 9.88 Å². The van der Waals surface area contributed by atoms with Crippen LogP contribution in [0.4, 0.5) is 0 Å². The zero-order valence-corrected chi connectivity index (χ0v) is 14.1. The largest absolute Gasteiger partial charge is 0.350 e. The number of hydrogen-bond acceptors (Lipinski definition) is 5. The summed E-state index contributed by atoms with van der Waals surface area (Å²) in [5.74, 6) is 1.89. The average molecular weight is 324 g/mol. The Bertz CT molecular complexity index is 593. The lowest BCUT2D eigenvalue weighted by Crippen LogP contribution is -2.25. The first-order chi connectivity index (χ1) is 10.1. The number of nitrogens with one attached hydrogen (secondary N) is 1. The van der Waals surface area contributed by atoms with Gasteiger partial charge in [0.2, 0.25) is 5.91 Å². The Hall–Kier alpha value is -1.34. The van der Waals surface area contributed by atoms with Crippen LogP contribution in [0.1, 0.15) is 35.9 Å². The number of aromatic nitrogens is 3. The van der Waals surface area contributed by atoms with E-state index < -0.39 is 0 Å². The van der Waals surface area contributed by atoms with Gasteiger partial charge in [-0.2, -0.15) is 11.8 Å². The minimum absolute atomic E-state index is 0.0371. The number of amides is 1. The first kappa shape index (κ1) is 16.0. The molecular formula is C14H20N4OS2. The SMILES string of the molecule is CSCc1nc(CNC(=O)C[C@H](C)n2ccnc2C)cs1. The van der Waals surface area contributed by atoms with Gasteiger partial charge in [0.05, 0.1) is 12.2 Å². The van der Waals surface area contributed by atoms with Gasteiger partial charge in [-0.15, -0.1) is 11.3 Å². The Morgan fingerprint density at radius 3 is 3.05 bits per heavy atom. The van der Waals surface area contributed by atoms with Gasteiger partial charge in [0.1, 0.15) is 10.8 Å². The number of carbonyl (C=O) groups is 1. The third-order valence-electron chi connectivity index (χ3n) is 3.15. The quantitative estimate of drug-likeness (QED) is 0.851. The van der Waals surface area contributed by atoms with E-state index in [9.17, 15) is 4.79 Å². The van der Waals surface area contributed by atoms with Crippen molar-refractivity contribution >= 4 is 29.0 Å². The molecule has 0 aliphatic heterocycles. The van der Waals surface area contributed by atoms with Gasteiger partial charge in [0, 0.05) is 36.0 Å². The standard InChI is InChI=1S/C14H20N4OS2/c1-10(18-5-4-15-11(18)2)6-13(19)16-7-12-8-21-14(17-12)9-20-3/h4-5,8,10H,6-7,9H2,1-3H3,(H,16,19)/t10-/m0/s1. The van der Waals surface area contributed by atoms with Gasteiger partial charge in [-0.1, -0.05) is 0 Å². The summed E-state index contributed by atoms with van der Waals surface area (Å²) in [7, 11) is 0. The van der Waals surface area contributed by atoms with E-state index in [1.54, 1.807) is 29.3 Å². The fourth-order valence-electron chi connectivity index (χ4n) is 2.10. The van der Waals surface area contributed by atoms with Gasteiger partial charge in [-0.25, -0.2) is 9.97 Å². The molecule has 0 aromatic carbocycles. The highest BCUT2D eigenvalue weighted by atomic mass is 32.2. The molecule has 0 aliphatic carbocycles. The van der Waals surface area contributed by atoms with Crippen LogP contribution in [0.2, 0.25) is 0 Å². The Morgan fingerprint density at radius 1 is 1.57 bits per heavy atom.